The maximum absolute atomic E-state index is 12.6. The molecule has 3 nitrogen and oxygen atoms in total. The maximum Gasteiger partial charge on any atom is 0.226 e. The largest absolute Gasteiger partial charge is 0.355 e. The van der Waals surface area contributed by atoms with Crippen LogP contribution < -0.4 is 10.6 Å². The molecule has 1 saturated heterocycles. The summed E-state index contributed by atoms with van der Waals surface area (Å²) in [5, 5.41) is 6.64. The van der Waals surface area contributed by atoms with Gasteiger partial charge in [-0.05, 0) is 56.2 Å². The number of nitrogens with one attached hydrogen (secondary N) is 2. The van der Waals surface area contributed by atoms with Crippen molar-refractivity contribution < 1.29 is 4.79 Å². The van der Waals surface area contributed by atoms with E-state index in [1.165, 1.54) is 5.56 Å². The summed E-state index contributed by atoms with van der Waals surface area (Å²) in [5.41, 5.74) is 1.42. The topological polar surface area (TPSA) is 41.1 Å². The lowest BCUT2D eigenvalue weighted by molar-refractivity contribution is -0.126. The third kappa shape index (κ3) is 4.02. The predicted molar refractivity (Wildman–Crippen MR) is 92.3 cm³/mol. The zero-order chi connectivity index (χ0) is 14.8. The van der Waals surface area contributed by atoms with Crippen LogP contribution >= 0.6 is 12.4 Å². The zero-order valence-corrected chi connectivity index (χ0v) is 14.2. The normalized spacial score (nSPS) is 21.5. The molecule has 2 aliphatic rings. The van der Waals surface area contributed by atoms with E-state index < -0.39 is 0 Å². The summed E-state index contributed by atoms with van der Waals surface area (Å²) >= 11 is 0. The van der Waals surface area contributed by atoms with Crippen LogP contribution in [0.5, 0.6) is 0 Å². The molecule has 0 spiro atoms. The van der Waals surface area contributed by atoms with Gasteiger partial charge in [-0.2, -0.15) is 0 Å². The summed E-state index contributed by atoms with van der Waals surface area (Å²) in [6.45, 7) is 5.26. The molecule has 0 unspecified atom stereocenters. The van der Waals surface area contributed by atoms with E-state index >= 15 is 0 Å². The number of carbonyl (C=O) groups is 1. The highest BCUT2D eigenvalue weighted by Crippen LogP contribution is 2.48. The van der Waals surface area contributed by atoms with Gasteiger partial charge in [0.25, 0.3) is 0 Å². The van der Waals surface area contributed by atoms with Crippen molar-refractivity contribution in [3.63, 3.8) is 0 Å². The van der Waals surface area contributed by atoms with Gasteiger partial charge < -0.3 is 10.6 Å². The number of piperidine rings is 1. The summed E-state index contributed by atoms with van der Waals surface area (Å²) in [7, 11) is 0. The summed E-state index contributed by atoms with van der Waals surface area (Å²) < 4.78 is 0. The highest BCUT2D eigenvalue weighted by Gasteiger charge is 2.49. The molecule has 1 heterocycles. The van der Waals surface area contributed by atoms with Crippen LogP contribution in [0.3, 0.4) is 0 Å². The van der Waals surface area contributed by atoms with Crippen molar-refractivity contribution in [1.29, 1.82) is 0 Å². The van der Waals surface area contributed by atoms with Crippen molar-refractivity contribution in [2.75, 3.05) is 19.6 Å². The van der Waals surface area contributed by atoms with Gasteiger partial charge in [0, 0.05) is 6.54 Å². The monoisotopic (exact) mass is 322 g/mol. The summed E-state index contributed by atoms with van der Waals surface area (Å²) in [4.78, 5) is 12.6. The van der Waals surface area contributed by atoms with E-state index in [9.17, 15) is 4.79 Å². The lowest BCUT2D eigenvalue weighted by atomic mass is 9.81. The van der Waals surface area contributed by atoms with Gasteiger partial charge in [-0.25, -0.2) is 0 Å². The van der Waals surface area contributed by atoms with E-state index in [1.54, 1.807) is 0 Å². The molecule has 1 saturated carbocycles. The van der Waals surface area contributed by atoms with Crippen molar-refractivity contribution in [3.05, 3.63) is 35.9 Å². The number of halogens is 1. The van der Waals surface area contributed by atoms with Gasteiger partial charge in [0.1, 0.15) is 0 Å². The smallest absolute Gasteiger partial charge is 0.226 e. The summed E-state index contributed by atoms with van der Waals surface area (Å²) in [6.07, 6.45) is 5.26. The fraction of sp³-hybridized carbons (Fsp3) is 0.611. The van der Waals surface area contributed by atoms with Gasteiger partial charge >= 0.3 is 0 Å². The molecule has 1 aromatic rings. The van der Waals surface area contributed by atoms with Gasteiger partial charge in [0.05, 0.1) is 5.41 Å². The van der Waals surface area contributed by atoms with Crippen LogP contribution in [0, 0.1) is 10.8 Å². The quantitative estimate of drug-likeness (QED) is 0.875. The number of amides is 1. The Morgan fingerprint density at radius 1 is 1.14 bits per heavy atom. The summed E-state index contributed by atoms with van der Waals surface area (Å²) in [6, 6.07) is 10.4. The molecule has 2 fully saturated rings. The Kier molecular flexibility index (Phi) is 5.51. The fourth-order valence-corrected chi connectivity index (χ4v) is 3.31. The molecule has 0 atom stereocenters. The highest BCUT2D eigenvalue weighted by atomic mass is 35.5. The van der Waals surface area contributed by atoms with Crippen LogP contribution in [0.15, 0.2) is 30.3 Å². The van der Waals surface area contributed by atoms with Crippen molar-refractivity contribution in [1.82, 2.24) is 10.6 Å². The van der Waals surface area contributed by atoms with Crippen molar-refractivity contribution >= 4 is 18.3 Å². The van der Waals surface area contributed by atoms with E-state index in [0.29, 0.717) is 0 Å². The first-order chi connectivity index (χ1) is 10.1. The third-order valence-corrected chi connectivity index (χ3v) is 5.21. The first-order valence-corrected chi connectivity index (χ1v) is 8.15. The lowest BCUT2D eigenvalue weighted by Gasteiger charge is -2.34. The van der Waals surface area contributed by atoms with E-state index in [4.69, 9.17) is 0 Å². The van der Waals surface area contributed by atoms with E-state index in [1.807, 2.05) is 6.07 Å². The SMILES string of the molecule is CC1(CNC(=O)C2(Cc3ccccc3)CC2)CCNCC1.Cl. The highest BCUT2D eigenvalue weighted by molar-refractivity contribution is 5.85. The minimum Gasteiger partial charge on any atom is -0.355 e. The van der Waals surface area contributed by atoms with Crippen molar-refractivity contribution in [2.45, 2.75) is 39.0 Å². The molecule has 0 radical (unpaired) electrons. The Hall–Kier alpha value is -1.06. The second kappa shape index (κ2) is 7.01. The molecule has 22 heavy (non-hydrogen) atoms. The van der Waals surface area contributed by atoms with E-state index in [-0.39, 0.29) is 29.1 Å². The Bertz CT molecular complexity index is 493. The van der Waals surface area contributed by atoms with Gasteiger partial charge in [-0.15, -0.1) is 12.4 Å². The fourth-order valence-electron chi connectivity index (χ4n) is 3.31. The van der Waals surface area contributed by atoms with Crippen LogP contribution in [-0.2, 0) is 11.2 Å². The molecule has 4 heteroatoms. The minimum absolute atomic E-state index is 0. The molecule has 1 amide bonds. The molecular weight excluding hydrogens is 296 g/mol. The maximum atomic E-state index is 12.6. The van der Waals surface area contributed by atoms with Gasteiger partial charge in [0.2, 0.25) is 5.91 Å². The molecule has 3 rings (SSSR count). The zero-order valence-electron chi connectivity index (χ0n) is 13.4. The average molecular weight is 323 g/mol. The molecule has 1 aliphatic carbocycles. The molecule has 0 aromatic heterocycles. The Balaban J connectivity index is 0.00000176. The van der Waals surface area contributed by atoms with Crippen molar-refractivity contribution in [3.8, 4) is 0 Å². The third-order valence-electron chi connectivity index (χ3n) is 5.21. The first-order valence-electron chi connectivity index (χ1n) is 8.15. The molecule has 2 N–H and O–H groups in total. The van der Waals surface area contributed by atoms with Crippen LogP contribution in [0.2, 0.25) is 0 Å². The lowest BCUT2D eigenvalue weighted by Crippen LogP contribution is -2.45. The van der Waals surface area contributed by atoms with E-state index in [2.05, 4.69) is 41.8 Å². The number of carbonyl (C=O) groups excluding carboxylic acids is 1. The van der Waals surface area contributed by atoms with Crippen LogP contribution in [0.25, 0.3) is 0 Å². The molecule has 122 valence electrons. The molecular formula is C18H27ClN2O. The van der Waals surface area contributed by atoms with Crippen LogP contribution in [0.4, 0.5) is 0 Å². The molecule has 1 aromatic carbocycles. The second-order valence-corrected chi connectivity index (χ2v) is 7.19. The predicted octanol–water partition coefficient (Wildman–Crippen LogP) is 2.94. The number of benzene rings is 1. The van der Waals surface area contributed by atoms with Crippen LogP contribution in [-0.4, -0.2) is 25.5 Å². The molecule has 0 bridgehead atoms. The average Bonchev–Trinajstić information content (AvgIpc) is 3.27. The van der Waals surface area contributed by atoms with Gasteiger partial charge in [-0.3, -0.25) is 4.79 Å². The van der Waals surface area contributed by atoms with Gasteiger partial charge in [0.15, 0.2) is 0 Å². The number of hydrogen-bond donors (Lipinski definition) is 2. The van der Waals surface area contributed by atoms with E-state index in [0.717, 1.165) is 51.7 Å². The van der Waals surface area contributed by atoms with Gasteiger partial charge in [-0.1, -0.05) is 37.3 Å². The Morgan fingerprint density at radius 3 is 2.36 bits per heavy atom. The number of hydrogen-bond acceptors (Lipinski definition) is 2. The van der Waals surface area contributed by atoms with Crippen molar-refractivity contribution in [2.24, 2.45) is 10.8 Å². The molecule has 1 aliphatic heterocycles. The first kappa shape index (κ1) is 17.3. The minimum atomic E-state index is -0.120. The van der Waals surface area contributed by atoms with Crippen LogP contribution in [0.1, 0.15) is 38.2 Å². The Labute approximate surface area is 139 Å². The Morgan fingerprint density at radius 2 is 1.77 bits per heavy atom. The number of rotatable bonds is 5. The standard InChI is InChI=1S/C18H26N2O.ClH/c1-17(9-11-19-12-10-17)14-20-16(21)18(7-8-18)13-15-5-3-2-4-6-15;/h2-6,19H,7-14H2,1H3,(H,20,21);1H. The summed E-state index contributed by atoms with van der Waals surface area (Å²) in [5.74, 6) is 0.270. The second-order valence-electron chi connectivity index (χ2n) is 7.19.